The molecule has 1 saturated heterocycles. The predicted octanol–water partition coefficient (Wildman–Crippen LogP) is 0.963. The molecule has 1 aliphatic rings. The molecule has 2 unspecified atom stereocenters. The second-order valence-corrected chi connectivity index (χ2v) is 4.36. The number of carbonyl (C=O) groups excluding carboxylic acids is 1. The minimum atomic E-state index is -0.997. The second kappa shape index (κ2) is 4.64. The van der Waals surface area contributed by atoms with E-state index in [1.165, 1.54) is 11.8 Å². The van der Waals surface area contributed by atoms with Crippen molar-refractivity contribution in [3.8, 4) is 0 Å². The lowest BCUT2D eigenvalue weighted by Crippen LogP contribution is -2.41. The fourth-order valence-electron chi connectivity index (χ4n) is 2.08. The molecule has 18 heavy (non-hydrogen) atoms. The van der Waals surface area contributed by atoms with Crippen LogP contribution in [0.2, 0.25) is 0 Å². The number of pyridine rings is 1. The van der Waals surface area contributed by atoms with Crippen LogP contribution in [0.3, 0.4) is 0 Å². The highest BCUT2D eigenvalue weighted by molar-refractivity contribution is 5.84. The standard InChI is InChI=1S/C12H15N3O3/c1-8(11(16)17)15-7-10(14(2)12(15)18)9-4-3-5-13-6-9/h3-6,8,10H,7H2,1-2H3,(H,16,17). The van der Waals surface area contributed by atoms with E-state index in [4.69, 9.17) is 5.11 Å². The normalized spacial score (nSPS) is 21.2. The van der Waals surface area contributed by atoms with Crippen molar-refractivity contribution in [3.05, 3.63) is 30.1 Å². The molecule has 0 bridgehead atoms. The number of aliphatic carboxylic acids is 1. The molecule has 2 amide bonds. The molecule has 0 aromatic carbocycles. The summed E-state index contributed by atoms with van der Waals surface area (Å²) in [6.07, 6.45) is 3.36. The fourth-order valence-corrected chi connectivity index (χ4v) is 2.08. The minimum Gasteiger partial charge on any atom is -0.480 e. The number of hydrogen-bond donors (Lipinski definition) is 1. The van der Waals surface area contributed by atoms with Gasteiger partial charge >= 0.3 is 12.0 Å². The number of hydrogen-bond acceptors (Lipinski definition) is 3. The van der Waals surface area contributed by atoms with E-state index in [-0.39, 0.29) is 12.1 Å². The molecule has 6 heteroatoms. The Morgan fingerprint density at radius 2 is 2.33 bits per heavy atom. The Bertz CT molecular complexity index is 463. The van der Waals surface area contributed by atoms with Crippen LogP contribution < -0.4 is 0 Å². The van der Waals surface area contributed by atoms with Gasteiger partial charge in [-0.1, -0.05) is 6.07 Å². The van der Waals surface area contributed by atoms with Crippen molar-refractivity contribution in [1.82, 2.24) is 14.8 Å². The second-order valence-electron chi connectivity index (χ2n) is 4.36. The van der Waals surface area contributed by atoms with E-state index in [0.29, 0.717) is 6.54 Å². The number of urea groups is 1. The summed E-state index contributed by atoms with van der Waals surface area (Å²) in [7, 11) is 1.68. The molecule has 1 N–H and O–H groups in total. The summed E-state index contributed by atoms with van der Waals surface area (Å²) in [5, 5.41) is 8.98. The zero-order valence-electron chi connectivity index (χ0n) is 10.3. The third kappa shape index (κ3) is 2.01. The maximum Gasteiger partial charge on any atom is 0.326 e. The molecular formula is C12H15N3O3. The predicted molar refractivity (Wildman–Crippen MR) is 63.9 cm³/mol. The van der Waals surface area contributed by atoms with Crippen LogP contribution >= 0.6 is 0 Å². The first-order chi connectivity index (χ1) is 8.52. The van der Waals surface area contributed by atoms with Crippen molar-refractivity contribution >= 4 is 12.0 Å². The topological polar surface area (TPSA) is 73.7 Å². The average molecular weight is 249 g/mol. The molecule has 2 heterocycles. The Kier molecular flexibility index (Phi) is 3.18. The van der Waals surface area contributed by atoms with E-state index in [2.05, 4.69) is 4.98 Å². The summed E-state index contributed by atoms with van der Waals surface area (Å²) in [5.41, 5.74) is 0.911. The highest BCUT2D eigenvalue weighted by atomic mass is 16.4. The number of rotatable bonds is 3. The van der Waals surface area contributed by atoms with Crippen molar-refractivity contribution in [2.24, 2.45) is 0 Å². The van der Waals surface area contributed by atoms with Crippen molar-refractivity contribution < 1.29 is 14.7 Å². The first-order valence-corrected chi connectivity index (χ1v) is 5.68. The van der Waals surface area contributed by atoms with E-state index in [1.807, 2.05) is 6.07 Å². The SMILES string of the molecule is CC(C(=O)O)N1CC(c2cccnc2)N(C)C1=O. The highest BCUT2D eigenvalue weighted by Crippen LogP contribution is 2.28. The summed E-state index contributed by atoms with van der Waals surface area (Å²) in [6.45, 7) is 1.88. The summed E-state index contributed by atoms with van der Waals surface area (Å²) in [5.74, 6) is -0.997. The summed E-state index contributed by atoms with van der Waals surface area (Å²) >= 11 is 0. The lowest BCUT2D eigenvalue weighted by Gasteiger charge is -2.19. The van der Waals surface area contributed by atoms with Gasteiger partial charge in [-0.2, -0.15) is 0 Å². The Morgan fingerprint density at radius 1 is 1.61 bits per heavy atom. The number of aromatic nitrogens is 1. The van der Waals surface area contributed by atoms with Crippen molar-refractivity contribution in [1.29, 1.82) is 0 Å². The third-order valence-electron chi connectivity index (χ3n) is 3.28. The number of amides is 2. The molecule has 0 saturated carbocycles. The Labute approximate surface area is 105 Å². The van der Waals surface area contributed by atoms with Crippen LogP contribution in [-0.2, 0) is 4.79 Å². The quantitative estimate of drug-likeness (QED) is 0.866. The van der Waals surface area contributed by atoms with Gasteiger partial charge in [-0.3, -0.25) is 4.98 Å². The number of carboxylic acids is 1. The fraction of sp³-hybridized carbons (Fsp3) is 0.417. The van der Waals surface area contributed by atoms with Gasteiger partial charge < -0.3 is 14.9 Å². The van der Waals surface area contributed by atoms with Gasteiger partial charge in [0.05, 0.1) is 6.04 Å². The molecule has 1 aromatic rings. The van der Waals surface area contributed by atoms with Crippen LogP contribution in [-0.4, -0.2) is 51.5 Å². The molecule has 2 atom stereocenters. The Hall–Kier alpha value is -2.11. The molecule has 6 nitrogen and oxygen atoms in total. The van der Waals surface area contributed by atoms with Crippen molar-refractivity contribution in [3.63, 3.8) is 0 Å². The monoisotopic (exact) mass is 249 g/mol. The first-order valence-electron chi connectivity index (χ1n) is 5.68. The molecule has 0 aliphatic carbocycles. The van der Waals surface area contributed by atoms with Crippen LogP contribution in [0, 0.1) is 0 Å². The molecule has 2 rings (SSSR count). The van der Waals surface area contributed by atoms with E-state index < -0.39 is 12.0 Å². The van der Waals surface area contributed by atoms with Gasteiger partial charge in [-0.05, 0) is 18.6 Å². The van der Waals surface area contributed by atoms with Crippen LogP contribution in [0.4, 0.5) is 4.79 Å². The number of carboxylic acid groups (broad SMARTS) is 1. The smallest absolute Gasteiger partial charge is 0.326 e. The highest BCUT2D eigenvalue weighted by Gasteiger charge is 2.39. The van der Waals surface area contributed by atoms with E-state index >= 15 is 0 Å². The van der Waals surface area contributed by atoms with E-state index in [9.17, 15) is 9.59 Å². The number of nitrogens with zero attached hydrogens (tertiary/aromatic N) is 3. The maximum absolute atomic E-state index is 12.0. The van der Waals surface area contributed by atoms with Crippen LogP contribution in [0.15, 0.2) is 24.5 Å². The zero-order valence-corrected chi connectivity index (χ0v) is 10.3. The average Bonchev–Trinajstić information content (AvgIpc) is 2.67. The molecule has 1 aromatic heterocycles. The Balaban J connectivity index is 2.22. The lowest BCUT2D eigenvalue weighted by atomic mass is 10.1. The van der Waals surface area contributed by atoms with Crippen LogP contribution in [0.5, 0.6) is 0 Å². The molecule has 96 valence electrons. The summed E-state index contributed by atoms with van der Waals surface area (Å²) < 4.78 is 0. The molecule has 1 aliphatic heterocycles. The summed E-state index contributed by atoms with van der Waals surface area (Å²) in [6, 6.07) is 2.46. The lowest BCUT2D eigenvalue weighted by molar-refractivity contribution is -0.141. The molecule has 0 spiro atoms. The Morgan fingerprint density at radius 3 is 2.89 bits per heavy atom. The molecule has 1 fully saturated rings. The largest absolute Gasteiger partial charge is 0.480 e. The van der Waals surface area contributed by atoms with Crippen molar-refractivity contribution in [2.75, 3.05) is 13.6 Å². The van der Waals surface area contributed by atoms with Crippen molar-refractivity contribution in [2.45, 2.75) is 19.0 Å². The minimum absolute atomic E-state index is 0.145. The van der Waals surface area contributed by atoms with Gasteiger partial charge in [-0.15, -0.1) is 0 Å². The third-order valence-corrected chi connectivity index (χ3v) is 3.28. The van der Waals surface area contributed by atoms with Gasteiger partial charge in [0.15, 0.2) is 0 Å². The zero-order chi connectivity index (χ0) is 13.3. The van der Waals surface area contributed by atoms with Crippen LogP contribution in [0.25, 0.3) is 0 Å². The van der Waals surface area contributed by atoms with E-state index in [1.54, 1.807) is 30.4 Å². The maximum atomic E-state index is 12.0. The molecule has 0 radical (unpaired) electrons. The van der Waals surface area contributed by atoms with Gasteiger partial charge in [0.1, 0.15) is 6.04 Å². The summed E-state index contributed by atoms with van der Waals surface area (Å²) in [4.78, 5) is 29.9. The molecular weight excluding hydrogens is 234 g/mol. The van der Waals surface area contributed by atoms with Gasteiger partial charge in [0, 0.05) is 26.0 Å². The van der Waals surface area contributed by atoms with Gasteiger partial charge in [0.2, 0.25) is 0 Å². The van der Waals surface area contributed by atoms with E-state index in [0.717, 1.165) is 5.56 Å². The number of likely N-dealkylation sites (N-methyl/N-ethyl adjacent to an activating group) is 1. The number of carbonyl (C=O) groups is 2. The first kappa shape index (κ1) is 12.3. The van der Waals surface area contributed by atoms with Gasteiger partial charge in [0.25, 0.3) is 0 Å². The van der Waals surface area contributed by atoms with Crippen LogP contribution in [0.1, 0.15) is 18.5 Å². The van der Waals surface area contributed by atoms with Gasteiger partial charge in [-0.25, -0.2) is 9.59 Å².